The molecule has 1 aliphatic rings. The smallest absolute Gasteiger partial charge is 0.311 e. The van der Waals surface area contributed by atoms with Gasteiger partial charge in [0.2, 0.25) is 0 Å². The Morgan fingerprint density at radius 1 is 0.978 bits per heavy atom. The molecule has 238 valence electrons. The van der Waals surface area contributed by atoms with Gasteiger partial charge in [-0.1, -0.05) is 36.4 Å². The van der Waals surface area contributed by atoms with E-state index in [0.717, 1.165) is 74.8 Å². The van der Waals surface area contributed by atoms with Crippen LogP contribution in [0.5, 0.6) is 5.75 Å². The Hall–Kier alpha value is -4.29. The Bertz CT molecular complexity index is 1900. The molecule has 1 atom stereocenters. The predicted molar refractivity (Wildman–Crippen MR) is 184 cm³/mol. The molecule has 0 saturated heterocycles. The molecule has 6 nitrogen and oxygen atoms in total. The number of hydrogen-bond acceptors (Lipinski definition) is 6. The van der Waals surface area contributed by atoms with Gasteiger partial charge >= 0.3 is 5.97 Å². The number of esters is 1. The average molecular weight is 617 g/mol. The fourth-order valence-electron chi connectivity index (χ4n) is 6.41. The van der Waals surface area contributed by atoms with Gasteiger partial charge in [0.25, 0.3) is 0 Å². The second-order valence-electron chi connectivity index (χ2n) is 14.1. The Kier molecular flexibility index (Phi) is 8.60. The molecule has 46 heavy (non-hydrogen) atoms. The number of hydrogen-bond donors (Lipinski definition) is 0. The zero-order chi connectivity index (χ0) is 32.6. The Balaban J connectivity index is 1.53. The maximum absolute atomic E-state index is 13.1. The van der Waals surface area contributed by atoms with Crippen molar-refractivity contribution in [3.8, 4) is 16.9 Å². The molecule has 1 aliphatic heterocycles. The van der Waals surface area contributed by atoms with E-state index in [1.807, 2.05) is 46.0 Å². The number of benzene rings is 3. The van der Waals surface area contributed by atoms with Gasteiger partial charge in [-0.25, -0.2) is 0 Å². The summed E-state index contributed by atoms with van der Waals surface area (Å²) in [5.41, 5.74) is 8.05. The number of aryl methyl sites for hydroxylation is 3. The number of rotatable bonds is 9. The maximum Gasteiger partial charge on any atom is 0.311 e. The molecular formula is C40H44N2O4. The zero-order valence-electron chi connectivity index (χ0n) is 28.1. The van der Waals surface area contributed by atoms with E-state index in [4.69, 9.17) is 24.2 Å². The molecule has 3 heterocycles. The summed E-state index contributed by atoms with van der Waals surface area (Å²) in [6.07, 6.45) is 3.85. The summed E-state index contributed by atoms with van der Waals surface area (Å²) < 4.78 is 19.2. The van der Waals surface area contributed by atoms with Crippen molar-refractivity contribution in [2.45, 2.75) is 79.4 Å². The highest BCUT2D eigenvalue weighted by atomic mass is 16.6. The first-order chi connectivity index (χ1) is 21.9. The highest BCUT2D eigenvalue weighted by Crippen LogP contribution is 2.45. The molecular weight excluding hydrogens is 572 g/mol. The van der Waals surface area contributed by atoms with E-state index < -0.39 is 17.1 Å². The van der Waals surface area contributed by atoms with Crippen molar-refractivity contribution < 1.29 is 19.0 Å². The van der Waals surface area contributed by atoms with Crippen molar-refractivity contribution in [3.05, 3.63) is 101 Å². The van der Waals surface area contributed by atoms with Crippen LogP contribution in [0.25, 0.3) is 32.9 Å². The summed E-state index contributed by atoms with van der Waals surface area (Å²) in [4.78, 5) is 23.0. The number of carbonyl (C=O) groups is 1. The molecule has 0 fully saturated rings. The van der Waals surface area contributed by atoms with Gasteiger partial charge in [-0.05, 0) is 119 Å². The molecule has 0 unspecified atom stereocenters. The van der Waals surface area contributed by atoms with Crippen LogP contribution in [0, 0.1) is 19.3 Å². The SMILES string of the molecule is Cc1ccc2c(-c3ccc4c5c(ccnc35)CCO4)c([C@@H](COC(=O)C(C)(C)C)OC(C)(C)CCc3ccccc3)c(C)cc2n1. The van der Waals surface area contributed by atoms with Gasteiger partial charge in [-0.2, -0.15) is 0 Å². The van der Waals surface area contributed by atoms with Crippen molar-refractivity contribution in [3.63, 3.8) is 0 Å². The van der Waals surface area contributed by atoms with Gasteiger partial charge in [-0.3, -0.25) is 14.8 Å². The van der Waals surface area contributed by atoms with Crippen molar-refractivity contribution >= 4 is 27.8 Å². The Morgan fingerprint density at radius 3 is 2.52 bits per heavy atom. The minimum Gasteiger partial charge on any atom is -0.493 e. The summed E-state index contributed by atoms with van der Waals surface area (Å²) in [5.74, 6) is 0.593. The minimum absolute atomic E-state index is 0.0846. The van der Waals surface area contributed by atoms with E-state index in [9.17, 15) is 4.79 Å². The van der Waals surface area contributed by atoms with E-state index in [1.165, 1.54) is 11.1 Å². The predicted octanol–water partition coefficient (Wildman–Crippen LogP) is 9.06. The second kappa shape index (κ2) is 12.5. The van der Waals surface area contributed by atoms with Gasteiger partial charge in [0.1, 0.15) is 18.5 Å². The largest absolute Gasteiger partial charge is 0.493 e. The number of pyridine rings is 2. The summed E-state index contributed by atoms with van der Waals surface area (Å²) in [7, 11) is 0. The maximum atomic E-state index is 13.1. The molecule has 3 aromatic carbocycles. The van der Waals surface area contributed by atoms with Gasteiger partial charge < -0.3 is 14.2 Å². The molecule has 0 amide bonds. The Labute approximate surface area is 272 Å². The summed E-state index contributed by atoms with van der Waals surface area (Å²) >= 11 is 0. The first-order valence-electron chi connectivity index (χ1n) is 16.2. The van der Waals surface area contributed by atoms with Crippen molar-refractivity contribution in [2.75, 3.05) is 13.2 Å². The number of fused-ring (bicyclic) bond motifs is 1. The molecule has 5 aromatic rings. The summed E-state index contributed by atoms with van der Waals surface area (Å²) in [5, 5.41) is 2.05. The van der Waals surface area contributed by atoms with Crippen LogP contribution < -0.4 is 4.74 Å². The third-order valence-corrected chi connectivity index (χ3v) is 8.84. The number of carbonyl (C=O) groups excluding carboxylic acids is 1. The normalized spacial score (nSPS) is 13.9. The highest BCUT2D eigenvalue weighted by Gasteiger charge is 2.33. The fraction of sp³-hybridized carbons (Fsp3) is 0.375. The number of nitrogens with zero attached hydrogens (tertiary/aromatic N) is 2. The minimum atomic E-state index is -0.643. The molecule has 0 saturated carbocycles. The molecule has 6 rings (SSSR count). The highest BCUT2D eigenvalue weighted by molar-refractivity contribution is 6.07. The number of aromatic nitrogens is 2. The monoisotopic (exact) mass is 616 g/mol. The van der Waals surface area contributed by atoms with Crippen molar-refractivity contribution in [1.29, 1.82) is 0 Å². The van der Waals surface area contributed by atoms with Crippen LogP contribution >= 0.6 is 0 Å². The molecule has 0 radical (unpaired) electrons. The topological polar surface area (TPSA) is 70.5 Å². The van der Waals surface area contributed by atoms with Gasteiger partial charge in [0.05, 0.1) is 28.7 Å². The molecule has 0 bridgehead atoms. The lowest BCUT2D eigenvalue weighted by atomic mass is 9.86. The van der Waals surface area contributed by atoms with Crippen LogP contribution in [0.15, 0.2) is 72.9 Å². The third kappa shape index (κ3) is 6.50. The molecule has 6 heteroatoms. The summed E-state index contributed by atoms with van der Waals surface area (Å²) in [6, 6.07) is 23.0. The Morgan fingerprint density at radius 2 is 1.76 bits per heavy atom. The van der Waals surface area contributed by atoms with Gasteiger partial charge in [-0.15, -0.1) is 0 Å². The lowest BCUT2D eigenvalue weighted by Gasteiger charge is -2.34. The second-order valence-corrected chi connectivity index (χ2v) is 14.1. The van der Waals surface area contributed by atoms with Crippen LogP contribution in [-0.2, 0) is 27.1 Å². The van der Waals surface area contributed by atoms with Crippen LogP contribution in [0.3, 0.4) is 0 Å². The van der Waals surface area contributed by atoms with Crippen LogP contribution in [-0.4, -0.2) is 34.8 Å². The number of ether oxygens (including phenoxy) is 3. The zero-order valence-corrected chi connectivity index (χ0v) is 28.1. The molecule has 0 spiro atoms. The fourth-order valence-corrected chi connectivity index (χ4v) is 6.41. The lowest BCUT2D eigenvalue weighted by molar-refractivity contribution is -0.163. The summed E-state index contributed by atoms with van der Waals surface area (Å²) in [6.45, 7) is 14.7. The first kappa shape index (κ1) is 31.7. The molecule has 0 aliphatic carbocycles. The van der Waals surface area contributed by atoms with Gasteiger partial charge in [0, 0.05) is 34.6 Å². The van der Waals surface area contributed by atoms with Crippen LogP contribution in [0.1, 0.15) is 75.1 Å². The van der Waals surface area contributed by atoms with Crippen molar-refractivity contribution in [2.24, 2.45) is 5.41 Å². The van der Waals surface area contributed by atoms with E-state index in [-0.39, 0.29) is 12.6 Å². The quantitative estimate of drug-likeness (QED) is 0.154. The van der Waals surface area contributed by atoms with E-state index >= 15 is 0 Å². The van der Waals surface area contributed by atoms with E-state index in [2.05, 4.69) is 75.4 Å². The van der Waals surface area contributed by atoms with E-state index in [1.54, 1.807) is 0 Å². The van der Waals surface area contributed by atoms with Crippen LogP contribution in [0.4, 0.5) is 0 Å². The van der Waals surface area contributed by atoms with Gasteiger partial charge in [0.15, 0.2) is 0 Å². The standard InChI is InChI=1S/C40H44N2O4/c1-25-23-31-29(14-13-26(2)42-31)36(30-15-16-32-35-28(19-22-44-32)18-21-41-37(30)35)34(25)33(24-45-38(43)39(3,4)5)46-40(6,7)20-17-27-11-9-8-10-12-27/h8-16,18,21,23,33H,17,19-20,22,24H2,1-7H3/t33-/m1/s1. The molecule has 0 N–H and O–H groups in total. The van der Waals surface area contributed by atoms with Crippen LogP contribution in [0.2, 0.25) is 0 Å². The molecule has 2 aromatic heterocycles. The first-order valence-corrected chi connectivity index (χ1v) is 16.2. The van der Waals surface area contributed by atoms with Crippen molar-refractivity contribution in [1.82, 2.24) is 9.97 Å². The third-order valence-electron chi connectivity index (χ3n) is 8.84. The lowest BCUT2D eigenvalue weighted by Crippen LogP contribution is -2.32. The van der Waals surface area contributed by atoms with E-state index in [0.29, 0.717) is 6.61 Å². The average Bonchev–Trinajstić information content (AvgIpc) is 3.02.